The second-order valence-electron chi connectivity index (χ2n) is 8.46. The van der Waals surface area contributed by atoms with Crippen LogP contribution in [0.4, 0.5) is 0 Å². The van der Waals surface area contributed by atoms with E-state index < -0.39 is 17.7 Å². The number of aliphatic hydroxyl groups excluding tert-OH is 1. The fraction of sp³-hybridized carbons (Fsp3) is 0.480. The van der Waals surface area contributed by atoms with Crippen molar-refractivity contribution in [1.82, 2.24) is 0 Å². The molecule has 0 aromatic heterocycles. The number of aliphatic hydroxyl groups is 1. The third-order valence-corrected chi connectivity index (χ3v) is 4.42. The molecule has 0 heterocycles. The van der Waals surface area contributed by atoms with E-state index in [0.717, 1.165) is 16.9 Å². The highest BCUT2D eigenvalue weighted by Gasteiger charge is 2.22. The number of rotatable bonds is 12. The van der Waals surface area contributed by atoms with Gasteiger partial charge in [0.05, 0.1) is 45.6 Å². The van der Waals surface area contributed by atoms with Crippen LogP contribution in [0.25, 0.3) is 0 Å². The Labute approximate surface area is 185 Å². The fourth-order valence-corrected chi connectivity index (χ4v) is 2.96. The van der Waals surface area contributed by atoms with Gasteiger partial charge in [0.15, 0.2) is 0 Å². The van der Waals surface area contributed by atoms with Crippen molar-refractivity contribution < 1.29 is 28.8 Å². The molecule has 2 atom stereocenters. The second-order valence-corrected chi connectivity index (χ2v) is 8.46. The van der Waals surface area contributed by atoms with Gasteiger partial charge in [-0.1, -0.05) is 42.5 Å². The number of methoxy groups -OCH3 is 1. The Morgan fingerprint density at radius 2 is 1.61 bits per heavy atom. The minimum absolute atomic E-state index is 0.0850. The maximum atomic E-state index is 12.0. The van der Waals surface area contributed by atoms with Gasteiger partial charge < -0.3 is 24.1 Å². The molecule has 0 bridgehead atoms. The van der Waals surface area contributed by atoms with E-state index in [1.807, 2.05) is 54.6 Å². The monoisotopic (exact) mass is 430 g/mol. The summed E-state index contributed by atoms with van der Waals surface area (Å²) in [6, 6.07) is 17.5. The number of carbonyl (C=O) groups excluding carboxylic acids is 1. The topological polar surface area (TPSA) is 74.2 Å². The van der Waals surface area contributed by atoms with Crippen LogP contribution in [0, 0.1) is 0 Å². The molecular weight excluding hydrogens is 396 g/mol. The van der Waals surface area contributed by atoms with E-state index in [4.69, 9.17) is 18.9 Å². The molecule has 170 valence electrons. The zero-order chi connectivity index (χ0) is 22.7. The van der Waals surface area contributed by atoms with E-state index in [1.165, 1.54) is 0 Å². The first kappa shape index (κ1) is 24.9. The van der Waals surface area contributed by atoms with Crippen molar-refractivity contribution in [2.45, 2.75) is 64.6 Å². The Morgan fingerprint density at radius 1 is 0.968 bits per heavy atom. The lowest BCUT2D eigenvalue weighted by molar-refractivity contribution is -0.157. The van der Waals surface area contributed by atoms with Gasteiger partial charge in [-0.05, 0) is 44.0 Å². The van der Waals surface area contributed by atoms with E-state index in [0.29, 0.717) is 19.8 Å². The lowest BCUT2D eigenvalue weighted by Crippen LogP contribution is -2.30. The molecule has 0 fully saturated rings. The lowest BCUT2D eigenvalue weighted by Gasteiger charge is -2.23. The van der Waals surface area contributed by atoms with Crippen molar-refractivity contribution in [3.63, 3.8) is 0 Å². The Hall–Kier alpha value is -2.41. The van der Waals surface area contributed by atoms with Gasteiger partial charge in [-0.2, -0.15) is 0 Å². The number of hydrogen-bond acceptors (Lipinski definition) is 6. The highest BCUT2D eigenvalue weighted by Crippen LogP contribution is 2.16. The summed E-state index contributed by atoms with van der Waals surface area (Å²) in [5, 5.41) is 10.4. The molecule has 6 nitrogen and oxygen atoms in total. The highest BCUT2D eigenvalue weighted by molar-refractivity contribution is 5.70. The zero-order valence-corrected chi connectivity index (χ0v) is 18.9. The van der Waals surface area contributed by atoms with E-state index in [9.17, 15) is 9.90 Å². The van der Waals surface area contributed by atoms with Crippen LogP contribution in [0.15, 0.2) is 54.6 Å². The second kappa shape index (κ2) is 12.4. The summed E-state index contributed by atoms with van der Waals surface area (Å²) in [7, 11) is 1.62. The first-order valence-corrected chi connectivity index (χ1v) is 10.5. The summed E-state index contributed by atoms with van der Waals surface area (Å²) >= 11 is 0. The van der Waals surface area contributed by atoms with Crippen molar-refractivity contribution in [3.05, 3.63) is 65.7 Å². The number of ether oxygens (including phenoxy) is 4. The number of carbonyl (C=O) groups is 1. The third-order valence-electron chi connectivity index (χ3n) is 4.42. The first-order valence-electron chi connectivity index (χ1n) is 10.5. The van der Waals surface area contributed by atoms with E-state index in [-0.39, 0.29) is 18.9 Å². The van der Waals surface area contributed by atoms with E-state index >= 15 is 0 Å². The lowest BCUT2D eigenvalue weighted by atomic mass is 10.1. The third kappa shape index (κ3) is 10.4. The van der Waals surface area contributed by atoms with Crippen LogP contribution in [0.2, 0.25) is 0 Å². The normalized spacial score (nSPS) is 13.5. The molecular formula is C25H34O6. The first-order chi connectivity index (χ1) is 14.7. The molecule has 2 rings (SSSR count). The fourth-order valence-electron chi connectivity index (χ4n) is 2.96. The smallest absolute Gasteiger partial charge is 0.308 e. The summed E-state index contributed by atoms with van der Waals surface area (Å²) in [6.07, 6.45) is -1.07. The molecule has 0 saturated carbocycles. The summed E-state index contributed by atoms with van der Waals surface area (Å²) < 4.78 is 22.3. The predicted molar refractivity (Wildman–Crippen MR) is 119 cm³/mol. The van der Waals surface area contributed by atoms with Crippen LogP contribution >= 0.6 is 0 Å². The molecule has 0 unspecified atom stereocenters. The number of esters is 1. The molecule has 0 aliphatic rings. The molecule has 0 amide bonds. The zero-order valence-electron chi connectivity index (χ0n) is 18.9. The van der Waals surface area contributed by atoms with Gasteiger partial charge in [0.1, 0.15) is 11.4 Å². The average Bonchev–Trinajstić information content (AvgIpc) is 2.71. The van der Waals surface area contributed by atoms with Gasteiger partial charge in [0.25, 0.3) is 0 Å². The molecule has 2 aromatic carbocycles. The summed E-state index contributed by atoms with van der Waals surface area (Å²) in [5.41, 5.74) is 1.46. The van der Waals surface area contributed by atoms with Crippen LogP contribution in [-0.2, 0) is 32.2 Å². The van der Waals surface area contributed by atoms with Crippen LogP contribution in [0.1, 0.15) is 44.7 Å². The minimum Gasteiger partial charge on any atom is -0.497 e. The number of hydrogen-bond donors (Lipinski definition) is 1. The van der Waals surface area contributed by atoms with Crippen molar-refractivity contribution in [2.24, 2.45) is 0 Å². The van der Waals surface area contributed by atoms with Gasteiger partial charge in [0.2, 0.25) is 0 Å². The van der Waals surface area contributed by atoms with Crippen molar-refractivity contribution >= 4 is 5.97 Å². The Bertz CT molecular complexity index is 767. The number of benzene rings is 2. The molecule has 0 radical (unpaired) electrons. The predicted octanol–water partition coefficient (Wildman–Crippen LogP) is 4.28. The molecule has 6 heteroatoms. The van der Waals surface area contributed by atoms with Gasteiger partial charge in [-0.3, -0.25) is 4.79 Å². The van der Waals surface area contributed by atoms with Crippen LogP contribution < -0.4 is 4.74 Å². The largest absolute Gasteiger partial charge is 0.497 e. The van der Waals surface area contributed by atoms with Crippen molar-refractivity contribution in [1.29, 1.82) is 0 Å². The van der Waals surface area contributed by atoms with Crippen molar-refractivity contribution in [3.8, 4) is 5.75 Å². The van der Waals surface area contributed by atoms with Crippen LogP contribution in [0.5, 0.6) is 5.75 Å². The molecule has 2 aromatic rings. The molecule has 0 spiro atoms. The maximum Gasteiger partial charge on any atom is 0.308 e. The average molecular weight is 431 g/mol. The maximum absolute atomic E-state index is 12.0. The molecule has 0 aliphatic carbocycles. The van der Waals surface area contributed by atoms with Gasteiger partial charge in [-0.25, -0.2) is 0 Å². The Kier molecular flexibility index (Phi) is 9.98. The molecule has 0 saturated heterocycles. The molecule has 1 N–H and O–H groups in total. The quantitative estimate of drug-likeness (QED) is 0.507. The van der Waals surface area contributed by atoms with Gasteiger partial charge in [0, 0.05) is 6.42 Å². The summed E-state index contributed by atoms with van der Waals surface area (Å²) in [5.74, 6) is 0.346. The Balaban J connectivity index is 1.90. The van der Waals surface area contributed by atoms with Crippen LogP contribution in [-0.4, -0.2) is 42.6 Å². The van der Waals surface area contributed by atoms with E-state index in [2.05, 4.69) is 0 Å². The Morgan fingerprint density at radius 3 is 2.23 bits per heavy atom. The minimum atomic E-state index is -0.879. The van der Waals surface area contributed by atoms with Gasteiger partial charge in [-0.15, -0.1) is 0 Å². The summed E-state index contributed by atoms with van der Waals surface area (Å²) in [4.78, 5) is 12.0. The van der Waals surface area contributed by atoms with E-state index in [1.54, 1.807) is 27.9 Å². The van der Waals surface area contributed by atoms with Gasteiger partial charge >= 0.3 is 5.97 Å². The SMILES string of the molecule is COc1ccc(CO[C@H](COCc2ccccc2)C[C@@H](O)CC(=O)OC(C)(C)C)cc1. The molecule has 31 heavy (non-hydrogen) atoms. The highest BCUT2D eigenvalue weighted by atomic mass is 16.6. The van der Waals surface area contributed by atoms with Crippen LogP contribution in [0.3, 0.4) is 0 Å². The van der Waals surface area contributed by atoms with Crippen molar-refractivity contribution in [2.75, 3.05) is 13.7 Å². The summed E-state index contributed by atoms with van der Waals surface area (Å²) in [6.45, 7) is 6.52. The molecule has 0 aliphatic heterocycles. The standard InChI is InChI=1S/C25H34O6/c1-25(2,3)31-24(27)15-21(26)14-23(18-29-16-19-8-6-5-7-9-19)30-17-20-10-12-22(28-4)13-11-20/h5-13,21,23,26H,14-18H2,1-4H3/t21-,23+/m1/s1.